The summed E-state index contributed by atoms with van der Waals surface area (Å²) in [6.45, 7) is 6.57. The van der Waals surface area contributed by atoms with E-state index in [1.54, 1.807) is 4.57 Å². The molecule has 7 heteroatoms. The van der Waals surface area contributed by atoms with Crippen LogP contribution in [0.3, 0.4) is 0 Å². The maximum Gasteiger partial charge on any atom is 0.263 e. The average Bonchev–Trinajstić information content (AvgIpc) is 3.41. The van der Waals surface area contributed by atoms with Crippen LogP contribution in [0.25, 0.3) is 16.7 Å². The van der Waals surface area contributed by atoms with E-state index in [2.05, 4.69) is 34.3 Å². The quantitative estimate of drug-likeness (QED) is 0.553. The maximum atomic E-state index is 13.6. The molecule has 1 fully saturated rings. The highest BCUT2D eigenvalue weighted by molar-refractivity contribution is 5.85. The van der Waals surface area contributed by atoms with Crippen LogP contribution >= 0.6 is 0 Å². The van der Waals surface area contributed by atoms with Crippen molar-refractivity contribution in [2.45, 2.75) is 39.3 Å². The molecule has 0 amide bonds. The molecule has 3 heterocycles. The Morgan fingerprint density at radius 1 is 1.03 bits per heavy atom. The van der Waals surface area contributed by atoms with Gasteiger partial charge in [0.25, 0.3) is 5.56 Å². The van der Waals surface area contributed by atoms with Crippen molar-refractivity contribution < 1.29 is 0 Å². The van der Waals surface area contributed by atoms with Crippen LogP contribution in [0.4, 0.5) is 11.6 Å². The molecule has 7 nitrogen and oxygen atoms in total. The van der Waals surface area contributed by atoms with Crippen LogP contribution in [0.5, 0.6) is 0 Å². The topological polar surface area (TPSA) is 67.5 Å². The van der Waals surface area contributed by atoms with Gasteiger partial charge in [0, 0.05) is 24.8 Å². The third-order valence-corrected chi connectivity index (χ3v) is 5.61. The Morgan fingerprint density at radius 3 is 2.53 bits per heavy atom. The minimum absolute atomic E-state index is 0.0471. The van der Waals surface area contributed by atoms with Gasteiger partial charge in [-0.15, -0.1) is 10.2 Å². The fourth-order valence-corrected chi connectivity index (χ4v) is 4.25. The van der Waals surface area contributed by atoms with Gasteiger partial charge < -0.3 is 10.2 Å². The van der Waals surface area contributed by atoms with Gasteiger partial charge in [0.2, 0.25) is 11.7 Å². The van der Waals surface area contributed by atoms with Gasteiger partial charge in [-0.2, -0.15) is 0 Å². The molecule has 1 N–H and O–H groups in total. The fraction of sp³-hybridized carbons (Fsp3) is 0.348. The van der Waals surface area contributed by atoms with Crippen LogP contribution in [-0.4, -0.2) is 38.3 Å². The summed E-state index contributed by atoms with van der Waals surface area (Å²) < 4.78 is 3.79. The molecule has 0 bridgehead atoms. The molecule has 154 valence electrons. The van der Waals surface area contributed by atoms with Gasteiger partial charge in [0.15, 0.2) is 0 Å². The highest BCUT2D eigenvalue weighted by atomic mass is 16.1. The normalized spacial score (nSPS) is 14.3. The minimum Gasteiger partial charge on any atom is -0.383 e. The summed E-state index contributed by atoms with van der Waals surface area (Å²) in [5.41, 5.74) is 2.80. The Kier molecular flexibility index (Phi) is 4.65. The molecule has 0 unspecified atom stereocenters. The SMILES string of the molecule is CC(C)Nc1ccc2c(c1)c(=O)n(Cc1ccccc1)c1nnc(N3CCCC3)n21. The highest BCUT2D eigenvalue weighted by Gasteiger charge is 2.22. The molecule has 1 aliphatic rings. The van der Waals surface area contributed by atoms with Crippen molar-refractivity contribution >= 4 is 28.3 Å². The molecular formula is C23H26N6O. The Balaban J connectivity index is 1.77. The maximum absolute atomic E-state index is 13.6. The summed E-state index contributed by atoms with van der Waals surface area (Å²) >= 11 is 0. The number of hydrogen-bond acceptors (Lipinski definition) is 5. The van der Waals surface area contributed by atoms with Gasteiger partial charge in [-0.3, -0.25) is 9.36 Å². The molecule has 0 radical (unpaired) electrons. The number of anilines is 2. The standard InChI is InChI=1S/C23H26N6O/c1-16(2)24-18-10-11-20-19(14-18)21(30)28(15-17-8-4-3-5-9-17)23-26-25-22(29(20)23)27-12-6-7-13-27/h3-5,8-11,14,16,24H,6-7,12-13,15H2,1-2H3. The number of nitrogens with zero attached hydrogens (tertiary/aromatic N) is 5. The molecule has 2 aromatic heterocycles. The lowest BCUT2D eigenvalue weighted by molar-refractivity contribution is 0.765. The summed E-state index contributed by atoms with van der Waals surface area (Å²) in [6.07, 6.45) is 2.30. The summed E-state index contributed by atoms with van der Waals surface area (Å²) in [4.78, 5) is 15.8. The summed E-state index contributed by atoms with van der Waals surface area (Å²) in [7, 11) is 0. The van der Waals surface area contributed by atoms with Crippen LogP contribution < -0.4 is 15.8 Å². The summed E-state index contributed by atoms with van der Waals surface area (Å²) in [5, 5.41) is 13.0. The molecule has 0 spiro atoms. The van der Waals surface area contributed by atoms with Gasteiger partial charge in [0.1, 0.15) is 0 Å². The second kappa shape index (κ2) is 7.48. The molecule has 0 atom stereocenters. The number of benzene rings is 2. The lowest BCUT2D eigenvalue weighted by atomic mass is 10.2. The smallest absolute Gasteiger partial charge is 0.263 e. The van der Waals surface area contributed by atoms with E-state index in [0.717, 1.165) is 48.6 Å². The summed E-state index contributed by atoms with van der Waals surface area (Å²) in [6, 6.07) is 16.3. The molecule has 2 aromatic carbocycles. The largest absolute Gasteiger partial charge is 0.383 e. The van der Waals surface area contributed by atoms with E-state index in [4.69, 9.17) is 0 Å². The summed E-state index contributed by atoms with van der Waals surface area (Å²) in [5.74, 6) is 1.40. The van der Waals surface area contributed by atoms with Gasteiger partial charge in [-0.1, -0.05) is 30.3 Å². The first-order valence-corrected chi connectivity index (χ1v) is 10.6. The molecule has 0 aliphatic carbocycles. The Labute approximate surface area is 175 Å². The second-order valence-corrected chi connectivity index (χ2v) is 8.24. The van der Waals surface area contributed by atoms with E-state index in [-0.39, 0.29) is 11.6 Å². The number of hydrogen-bond donors (Lipinski definition) is 1. The van der Waals surface area contributed by atoms with Crippen LogP contribution in [0.2, 0.25) is 0 Å². The second-order valence-electron chi connectivity index (χ2n) is 8.24. The van der Waals surface area contributed by atoms with E-state index >= 15 is 0 Å². The van der Waals surface area contributed by atoms with Crippen LogP contribution in [0.1, 0.15) is 32.3 Å². The van der Waals surface area contributed by atoms with E-state index in [1.165, 1.54) is 0 Å². The van der Waals surface area contributed by atoms with Crippen molar-refractivity contribution in [2.24, 2.45) is 0 Å². The number of rotatable bonds is 5. The Hall–Kier alpha value is -3.35. The lowest BCUT2D eigenvalue weighted by Crippen LogP contribution is -2.26. The van der Waals surface area contributed by atoms with Gasteiger partial charge in [0.05, 0.1) is 17.4 Å². The van der Waals surface area contributed by atoms with Crippen LogP contribution in [0, 0.1) is 0 Å². The minimum atomic E-state index is -0.0471. The number of aromatic nitrogens is 4. The predicted octanol–water partition coefficient (Wildman–Crippen LogP) is 3.51. The molecule has 1 saturated heterocycles. The van der Waals surface area contributed by atoms with Crippen molar-refractivity contribution in [3.8, 4) is 0 Å². The first kappa shape index (κ1) is 18.7. The third kappa shape index (κ3) is 3.20. The Bertz CT molecular complexity index is 1250. The van der Waals surface area contributed by atoms with Crippen molar-refractivity contribution in [3.63, 3.8) is 0 Å². The number of nitrogens with one attached hydrogen (secondary N) is 1. The van der Waals surface area contributed by atoms with Crippen molar-refractivity contribution in [1.29, 1.82) is 0 Å². The lowest BCUT2D eigenvalue weighted by Gasteiger charge is -2.18. The van der Waals surface area contributed by atoms with Crippen LogP contribution in [0.15, 0.2) is 53.3 Å². The first-order chi connectivity index (χ1) is 14.6. The fourth-order valence-electron chi connectivity index (χ4n) is 4.25. The van der Waals surface area contributed by atoms with E-state index in [1.807, 2.05) is 52.9 Å². The highest BCUT2D eigenvalue weighted by Crippen LogP contribution is 2.25. The zero-order valence-electron chi connectivity index (χ0n) is 17.4. The molecular weight excluding hydrogens is 376 g/mol. The van der Waals surface area contributed by atoms with E-state index < -0.39 is 0 Å². The number of fused-ring (bicyclic) bond motifs is 3. The van der Waals surface area contributed by atoms with Gasteiger partial charge in [-0.05, 0) is 50.5 Å². The molecule has 4 aromatic rings. The molecule has 1 aliphatic heterocycles. The average molecular weight is 403 g/mol. The molecule has 5 rings (SSSR count). The zero-order valence-corrected chi connectivity index (χ0v) is 17.4. The van der Waals surface area contributed by atoms with Gasteiger partial charge >= 0.3 is 0 Å². The third-order valence-electron chi connectivity index (χ3n) is 5.61. The predicted molar refractivity (Wildman–Crippen MR) is 121 cm³/mol. The Morgan fingerprint density at radius 2 is 1.80 bits per heavy atom. The van der Waals surface area contributed by atoms with Crippen LogP contribution in [-0.2, 0) is 6.54 Å². The van der Waals surface area contributed by atoms with Crippen molar-refractivity contribution in [3.05, 3.63) is 64.4 Å². The van der Waals surface area contributed by atoms with E-state index in [9.17, 15) is 4.79 Å². The van der Waals surface area contributed by atoms with E-state index in [0.29, 0.717) is 17.7 Å². The van der Waals surface area contributed by atoms with Crippen molar-refractivity contribution in [2.75, 3.05) is 23.3 Å². The zero-order chi connectivity index (χ0) is 20.7. The molecule has 0 saturated carbocycles. The van der Waals surface area contributed by atoms with Crippen molar-refractivity contribution in [1.82, 2.24) is 19.2 Å². The molecule has 30 heavy (non-hydrogen) atoms. The van der Waals surface area contributed by atoms with Gasteiger partial charge in [-0.25, -0.2) is 4.40 Å². The first-order valence-electron chi connectivity index (χ1n) is 10.6. The monoisotopic (exact) mass is 402 g/mol.